The summed E-state index contributed by atoms with van der Waals surface area (Å²) in [6, 6.07) is 12.2. The zero-order valence-corrected chi connectivity index (χ0v) is 11.2. The van der Waals surface area contributed by atoms with E-state index in [1.807, 2.05) is 18.2 Å². The van der Waals surface area contributed by atoms with Crippen LogP contribution in [0.25, 0.3) is 17.0 Å². The topological polar surface area (TPSA) is 67.5 Å². The monoisotopic (exact) mass is 317 g/mol. The van der Waals surface area contributed by atoms with E-state index in [4.69, 9.17) is 0 Å². The molecule has 0 atom stereocenters. The number of hydrogen-bond donors (Lipinski definition) is 1. The molecule has 0 aliphatic rings. The SMILES string of the molecule is O=C(O)c1ccccc1-c1nnc2cccc(Br)n12. The van der Waals surface area contributed by atoms with Crippen molar-refractivity contribution in [1.82, 2.24) is 14.6 Å². The van der Waals surface area contributed by atoms with Gasteiger partial charge in [0, 0.05) is 5.56 Å². The second-order valence-electron chi connectivity index (χ2n) is 3.92. The first-order valence-electron chi connectivity index (χ1n) is 5.51. The van der Waals surface area contributed by atoms with Crippen molar-refractivity contribution >= 4 is 27.5 Å². The summed E-state index contributed by atoms with van der Waals surface area (Å²) in [6.45, 7) is 0. The van der Waals surface area contributed by atoms with E-state index >= 15 is 0 Å². The van der Waals surface area contributed by atoms with Crippen LogP contribution in [0.1, 0.15) is 10.4 Å². The third-order valence-electron chi connectivity index (χ3n) is 2.78. The summed E-state index contributed by atoms with van der Waals surface area (Å²) in [7, 11) is 0. The Labute approximate surface area is 116 Å². The zero-order valence-electron chi connectivity index (χ0n) is 9.62. The van der Waals surface area contributed by atoms with Crippen LogP contribution in [0.3, 0.4) is 0 Å². The molecule has 0 amide bonds. The Kier molecular flexibility index (Phi) is 2.79. The summed E-state index contributed by atoms with van der Waals surface area (Å²) in [5.41, 5.74) is 1.39. The lowest BCUT2D eigenvalue weighted by atomic mass is 10.1. The van der Waals surface area contributed by atoms with Gasteiger partial charge < -0.3 is 5.11 Å². The van der Waals surface area contributed by atoms with Crippen molar-refractivity contribution in [2.75, 3.05) is 0 Å². The highest BCUT2D eigenvalue weighted by Crippen LogP contribution is 2.25. The van der Waals surface area contributed by atoms with Gasteiger partial charge in [0.1, 0.15) is 0 Å². The molecule has 6 heteroatoms. The molecule has 19 heavy (non-hydrogen) atoms. The fourth-order valence-electron chi connectivity index (χ4n) is 1.94. The van der Waals surface area contributed by atoms with Gasteiger partial charge in [-0.05, 0) is 34.1 Å². The lowest BCUT2D eigenvalue weighted by Gasteiger charge is -2.05. The molecular formula is C13H8BrN3O2. The summed E-state index contributed by atoms with van der Waals surface area (Å²) >= 11 is 3.42. The van der Waals surface area contributed by atoms with Crippen molar-refractivity contribution in [3.05, 3.63) is 52.6 Å². The number of aromatic carboxylic acids is 1. The fourth-order valence-corrected chi connectivity index (χ4v) is 2.44. The van der Waals surface area contributed by atoms with E-state index in [-0.39, 0.29) is 5.56 Å². The Bertz CT molecular complexity index is 782. The number of carbonyl (C=O) groups is 1. The second-order valence-corrected chi connectivity index (χ2v) is 4.73. The quantitative estimate of drug-likeness (QED) is 0.738. The molecule has 0 bridgehead atoms. The summed E-state index contributed by atoms with van der Waals surface area (Å²) < 4.78 is 2.53. The summed E-state index contributed by atoms with van der Waals surface area (Å²) in [6.07, 6.45) is 0. The average Bonchev–Trinajstić information content (AvgIpc) is 2.84. The Balaban J connectivity index is 2.34. The van der Waals surface area contributed by atoms with Crippen LogP contribution >= 0.6 is 15.9 Å². The first kappa shape index (κ1) is 11.9. The van der Waals surface area contributed by atoms with Gasteiger partial charge in [-0.1, -0.05) is 24.3 Å². The number of nitrogens with zero attached hydrogens (tertiary/aromatic N) is 3. The van der Waals surface area contributed by atoms with Crippen LogP contribution in [0.15, 0.2) is 47.1 Å². The first-order valence-corrected chi connectivity index (χ1v) is 6.30. The minimum Gasteiger partial charge on any atom is -0.478 e. The minimum absolute atomic E-state index is 0.201. The van der Waals surface area contributed by atoms with Gasteiger partial charge in [0.25, 0.3) is 0 Å². The van der Waals surface area contributed by atoms with E-state index in [2.05, 4.69) is 26.1 Å². The number of aromatic nitrogens is 3. The van der Waals surface area contributed by atoms with Crippen molar-refractivity contribution in [2.45, 2.75) is 0 Å². The molecule has 0 unspecified atom stereocenters. The Morgan fingerprint density at radius 2 is 1.89 bits per heavy atom. The van der Waals surface area contributed by atoms with Crippen molar-refractivity contribution in [1.29, 1.82) is 0 Å². The highest BCUT2D eigenvalue weighted by Gasteiger charge is 2.16. The number of halogens is 1. The molecule has 5 nitrogen and oxygen atoms in total. The highest BCUT2D eigenvalue weighted by atomic mass is 79.9. The third kappa shape index (κ3) is 1.90. The van der Waals surface area contributed by atoms with Gasteiger partial charge in [-0.2, -0.15) is 0 Å². The number of hydrogen-bond acceptors (Lipinski definition) is 3. The minimum atomic E-state index is -0.987. The lowest BCUT2D eigenvalue weighted by molar-refractivity contribution is 0.0697. The van der Waals surface area contributed by atoms with E-state index in [1.54, 1.807) is 28.7 Å². The van der Waals surface area contributed by atoms with Crippen molar-refractivity contribution in [3.8, 4) is 11.4 Å². The number of benzene rings is 1. The molecule has 0 aliphatic carbocycles. The molecule has 0 aliphatic heterocycles. The smallest absolute Gasteiger partial charge is 0.336 e. The van der Waals surface area contributed by atoms with Crippen LogP contribution < -0.4 is 0 Å². The number of carboxylic acid groups (broad SMARTS) is 1. The van der Waals surface area contributed by atoms with Crippen molar-refractivity contribution in [3.63, 3.8) is 0 Å². The predicted molar refractivity (Wildman–Crippen MR) is 73.1 cm³/mol. The maximum absolute atomic E-state index is 11.3. The number of rotatable bonds is 2. The highest BCUT2D eigenvalue weighted by molar-refractivity contribution is 9.10. The van der Waals surface area contributed by atoms with E-state index in [9.17, 15) is 9.90 Å². The average molecular weight is 318 g/mol. The van der Waals surface area contributed by atoms with Gasteiger partial charge in [-0.15, -0.1) is 10.2 Å². The summed E-state index contributed by atoms with van der Waals surface area (Å²) in [5.74, 6) is -0.486. The van der Waals surface area contributed by atoms with Crippen LogP contribution in [-0.2, 0) is 0 Å². The summed E-state index contributed by atoms with van der Waals surface area (Å²) in [5, 5.41) is 17.4. The largest absolute Gasteiger partial charge is 0.478 e. The first-order chi connectivity index (χ1) is 9.18. The fraction of sp³-hybridized carbons (Fsp3) is 0. The molecule has 2 heterocycles. The zero-order chi connectivity index (χ0) is 13.4. The van der Waals surface area contributed by atoms with Crippen LogP contribution in [0.4, 0.5) is 0 Å². The van der Waals surface area contributed by atoms with Gasteiger partial charge in [0.05, 0.1) is 10.2 Å². The molecule has 0 radical (unpaired) electrons. The number of pyridine rings is 1. The van der Waals surface area contributed by atoms with Gasteiger partial charge in [-0.25, -0.2) is 4.79 Å². The molecular weight excluding hydrogens is 310 g/mol. The van der Waals surface area contributed by atoms with Gasteiger partial charge in [0.15, 0.2) is 11.5 Å². The molecule has 1 N–H and O–H groups in total. The second kappa shape index (κ2) is 4.47. The maximum Gasteiger partial charge on any atom is 0.336 e. The Hall–Kier alpha value is -2.21. The van der Waals surface area contributed by atoms with E-state index in [0.717, 1.165) is 4.60 Å². The molecule has 0 saturated carbocycles. The van der Waals surface area contributed by atoms with Gasteiger partial charge in [0.2, 0.25) is 0 Å². The lowest BCUT2D eigenvalue weighted by Crippen LogP contribution is -2.01. The maximum atomic E-state index is 11.3. The molecule has 0 saturated heterocycles. The molecule has 2 aromatic heterocycles. The summed E-state index contributed by atoms with van der Waals surface area (Å²) in [4.78, 5) is 11.3. The Morgan fingerprint density at radius 1 is 1.11 bits per heavy atom. The molecule has 1 aromatic carbocycles. The van der Waals surface area contributed by atoms with Gasteiger partial charge >= 0.3 is 5.97 Å². The van der Waals surface area contributed by atoms with E-state index in [1.165, 1.54) is 0 Å². The van der Waals surface area contributed by atoms with E-state index < -0.39 is 5.97 Å². The van der Waals surface area contributed by atoms with Crippen molar-refractivity contribution in [2.24, 2.45) is 0 Å². The molecule has 0 fully saturated rings. The van der Waals surface area contributed by atoms with Crippen LogP contribution in [-0.4, -0.2) is 25.7 Å². The molecule has 3 rings (SSSR count). The Morgan fingerprint density at radius 3 is 2.68 bits per heavy atom. The predicted octanol–water partition coefficient (Wildman–Crippen LogP) is 2.86. The van der Waals surface area contributed by atoms with Gasteiger partial charge in [-0.3, -0.25) is 4.40 Å². The normalized spacial score (nSPS) is 10.8. The molecule has 94 valence electrons. The van der Waals surface area contributed by atoms with Crippen LogP contribution in [0.5, 0.6) is 0 Å². The van der Waals surface area contributed by atoms with Crippen LogP contribution in [0.2, 0.25) is 0 Å². The molecule has 3 aromatic rings. The van der Waals surface area contributed by atoms with E-state index in [0.29, 0.717) is 17.0 Å². The molecule has 0 spiro atoms. The number of carboxylic acids is 1. The third-order valence-corrected chi connectivity index (χ3v) is 3.40. The van der Waals surface area contributed by atoms with Crippen LogP contribution in [0, 0.1) is 0 Å². The number of fused-ring (bicyclic) bond motifs is 1. The van der Waals surface area contributed by atoms with Crippen molar-refractivity contribution < 1.29 is 9.90 Å². The standard InChI is InChI=1S/C13H8BrN3O2/c14-10-6-3-7-11-15-16-12(17(10)11)8-4-1-2-5-9(8)13(18)19/h1-7H,(H,18,19).